The van der Waals surface area contributed by atoms with Crippen LogP contribution in [0, 0.1) is 12.7 Å². The van der Waals surface area contributed by atoms with Crippen LogP contribution in [0.2, 0.25) is 0 Å². The Bertz CT molecular complexity index is 628. The molecule has 1 unspecified atom stereocenters. The zero-order valence-electron chi connectivity index (χ0n) is 12.0. The summed E-state index contributed by atoms with van der Waals surface area (Å²) in [5.41, 5.74) is 3.05. The summed E-state index contributed by atoms with van der Waals surface area (Å²) >= 11 is 7.19. The molecule has 0 radical (unpaired) electrons. The van der Waals surface area contributed by atoms with Gasteiger partial charge in [-0.3, -0.25) is 0 Å². The van der Waals surface area contributed by atoms with Gasteiger partial charge in [-0.05, 0) is 70.2 Å². The Morgan fingerprint density at radius 3 is 2.62 bits per heavy atom. The second-order valence-electron chi connectivity index (χ2n) is 4.90. The molecule has 0 saturated carbocycles. The number of benzene rings is 2. The fourth-order valence-electron chi connectivity index (χ4n) is 2.07. The van der Waals surface area contributed by atoms with Gasteiger partial charge < -0.3 is 4.74 Å². The minimum absolute atomic E-state index is 0.0512. The summed E-state index contributed by atoms with van der Waals surface area (Å²) in [5.74, 6) is 0.610. The molecule has 0 N–H and O–H groups in total. The Morgan fingerprint density at radius 2 is 1.95 bits per heavy atom. The highest BCUT2D eigenvalue weighted by Gasteiger charge is 2.15. The van der Waals surface area contributed by atoms with Crippen LogP contribution in [0.1, 0.15) is 34.9 Å². The highest BCUT2D eigenvalue weighted by Crippen LogP contribution is 2.36. The van der Waals surface area contributed by atoms with Crippen molar-refractivity contribution in [2.45, 2.75) is 25.1 Å². The first-order valence-electron chi connectivity index (χ1n) is 6.85. The molecular formula is C17H17Br2FO. The molecule has 0 amide bonds. The standard InChI is InChI=1S/C17H17Br2FO/c1-3-8-21-16-7-5-12(9-15(16)18)17(19)14-10-13(20)6-4-11(14)2/h4-7,9-10,17H,3,8H2,1-2H3. The van der Waals surface area contributed by atoms with Gasteiger partial charge in [-0.1, -0.05) is 35.0 Å². The molecule has 0 spiro atoms. The lowest BCUT2D eigenvalue weighted by Gasteiger charge is -2.15. The largest absolute Gasteiger partial charge is 0.492 e. The van der Waals surface area contributed by atoms with E-state index in [4.69, 9.17) is 4.74 Å². The number of aryl methyl sites for hydroxylation is 1. The van der Waals surface area contributed by atoms with E-state index in [-0.39, 0.29) is 10.6 Å². The van der Waals surface area contributed by atoms with Gasteiger partial charge >= 0.3 is 0 Å². The zero-order chi connectivity index (χ0) is 15.4. The number of hydrogen-bond donors (Lipinski definition) is 0. The molecule has 2 rings (SSSR count). The van der Waals surface area contributed by atoms with Gasteiger partial charge in [0.05, 0.1) is 15.9 Å². The fourth-order valence-corrected chi connectivity index (χ4v) is 3.36. The Morgan fingerprint density at radius 1 is 1.19 bits per heavy atom. The average Bonchev–Trinajstić information content (AvgIpc) is 2.47. The first-order valence-corrected chi connectivity index (χ1v) is 8.56. The van der Waals surface area contributed by atoms with Gasteiger partial charge in [-0.2, -0.15) is 0 Å². The summed E-state index contributed by atoms with van der Waals surface area (Å²) in [7, 11) is 0. The SMILES string of the molecule is CCCOc1ccc(C(Br)c2cc(F)ccc2C)cc1Br. The molecule has 2 aromatic rings. The van der Waals surface area contributed by atoms with Gasteiger partial charge in [-0.15, -0.1) is 0 Å². The molecule has 21 heavy (non-hydrogen) atoms. The van der Waals surface area contributed by atoms with Crippen LogP contribution in [0.25, 0.3) is 0 Å². The molecular weight excluding hydrogens is 399 g/mol. The monoisotopic (exact) mass is 414 g/mol. The first kappa shape index (κ1) is 16.5. The van der Waals surface area contributed by atoms with Crippen molar-refractivity contribution in [1.82, 2.24) is 0 Å². The molecule has 1 nitrogen and oxygen atoms in total. The molecule has 4 heteroatoms. The maximum Gasteiger partial charge on any atom is 0.133 e. The number of rotatable bonds is 5. The van der Waals surface area contributed by atoms with E-state index in [0.717, 1.165) is 33.3 Å². The third kappa shape index (κ3) is 4.07. The van der Waals surface area contributed by atoms with Crippen LogP contribution in [0.3, 0.4) is 0 Å². The van der Waals surface area contributed by atoms with Gasteiger partial charge in [0.2, 0.25) is 0 Å². The zero-order valence-corrected chi connectivity index (χ0v) is 15.2. The molecule has 0 fully saturated rings. The number of alkyl halides is 1. The van der Waals surface area contributed by atoms with Crippen molar-refractivity contribution in [3.05, 3.63) is 63.4 Å². The van der Waals surface area contributed by atoms with Crippen LogP contribution >= 0.6 is 31.9 Å². The Balaban J connectivity index is 2.29. The highest BCUT2D eigenvalue weighted by atomic mass is 79.9. The minimum Gasteiger partial charge on any atom is -0.492 e. The lowest BCUT2D eigenvalue weighted by molar-refractivity contribution is 0.315. The summed E-state index contributed by atoms with van der Waals surface area (Å²) in [5, 5.41) is 0. The minimum atomic E-state index is -0.220. The summed E-state index contributed by atoms with van der Waals surface area (Å²) in [6.45, 7) is 4.75. The van der Waals surface area contributed by atoms with E-state index in [1.54, 1.807) is 12.1 Å². The van der Waals surface area contributed by atoms with E-state index in [9.17, 15) is 4.39 Å². The highest BCUT2D eigenvalue weighted by molar-refractivity contribution is 9.10. The predicted molar refractivity (Wildman–Crippen MR) is 91.8 cm³/mol. The molecule has 2 aromatic carbocycles. The molecule has 0 aliphatic carbocycles. The van der Waals surface area contributed by atoms with Crippen molar-refractivity contribution in [2.75, 3.05) is 6.61 Å². The van der Waals surface area contributed by atoms with Crippen molar-refractivity contribution < 1.29 is 9.13 Å². The van der Waals surface area contributed by atoms with Crippen molar-refractivity contribution >= 4 is 31.9 Å². The van der Waals surface area contributed by atoms with Gasteiger partial charge in [0.1, 0.15) is 11.6 Å². The van der Waals surface area contributed by atoms with Crippen LogP contribution in [0.5, 0.6) is 5.75 Å². The summed E-state index contributed by atoms with van der Waals surface area (Å²) in [4.78, 5) is -0.0512. The summed E-state index contributed by atoms with van der Waals surface area (Å²) < 4.78 is 20.0. The third-order valence-corrected chi connectivity index (χ3v) is 4.87. The maximum atomic E-state index is 13.5. The molecule has 0 heterocycles. The lowest BCUT2D eigenvalue weighted by Crippen LogP contribution is -1.99. The number of halogens is 3. The average molecular weight is 416 g/mol. The van der Waals surface area contributed by atoms with Crippen molar-refractivity contribution in [1.29, 1.82) is 0 Å². The molecule has 0 aliphatic heterocycles. The maximum absolute atomic E-state index is 13.5. The molecule has 0 bridgehead atoms. The summed E-state index contributed by atoms with van der Waals surface area (Å²) in [6, 6.07) is 10.8. The van der Waals surface area contributed by atoms with Gasteiger partial charge in [-0.25, -0.2) is 4.39 Å². The van der Waals surface area contributed by atoms with E-state index in [0.29, 0.717) is 6.61 Å². The Labute approximate surface area is 141 Å². The molecule has 0 aromatic heterocycles. The Kier molecular flexibility index (Phi) is 5.82. The van der Waals surface area contributed by atoms with E-state index < -0.39 is 0 Å². The van der Waals surface area contributed by atoms with Crippen LogP contribution in [-0.4, -0.2) is 6.61 Å². The fraction of sp³-hybridized carbons (Fsp3) is 0.294. The van der Waals surface area contributed by atoms with Gasteiger partial charge in [0, 0.05) is 0 Å². The van der Waals surface area contributed by atoms with Gasteiger partial charge in [0.15, 0.2) is 0 Å². The Hall–Kier alpha value is -0.870. The van der Waals surface area contributed by atoms with Crippen molar-refractivity contribution in [2.24, 2.45) is 0 Å². The molecule has 0 aliphatic rings. The van der Waals surface area contributed by atoms with E-state index in [1.807, 2.05) is 25.1 Å². The lowest BCUT2D eigenvalue weighted by atomic mass is 10.0. The van der Waals surface area contributed by atoms with Crippen molar-refractivity contribution in [3.63, 3.8) is 0 Å². The van der Waals surface area contributed by atoms with Crippen molar-refractivity contribution in [3.8, 4) is 5.75 Å². The predicted octanol–water partition coefficient (Wildman–Crippen LogP) is 6.17. The topological polar surface area (TPSA) is 9.23 Å². The second kappa shape index (κ2) is 7.41. The normalized spacial score (nSPS) is 12.2. The number of hydrogen-bond acceptors (Lipinski definition) is 1. The smallest absolute Gasteiger partial charge is 0.133 e. The number of ether oxygens (including phenoxy) is 1. The quantitative estimate of drug-likeness (QED) is 0.530. The molecule has 112 valence electrons. The van der Waals surface area contributed by atoms with Crippen LogP contribution in [-0.2, 0) is 0 Å². The van der Waals surface area contributed by atoms with Crippen LogP contribution in [0.15, 0.2) is 40.9 Å². The summed E-state index contributed by atoms with van der Waals surface area (Å²) in [6.07, 6.45) is 0.970. The second-order valence-corrected chi connectivity index (χ2v) is 6.67. The van der Waals surface area contributed by atoms with Crippen LogP contribution < -0.4 is 4.74 Å². The third-order valence-electron chi connectivity index (χ3n) is 3.22. The van der Waals surface area contributed by atoms with E-state index >= 15 is 0 Å². The van der Waals surface area contributed by atoms with Crippen LogP contribution in [0.4, 0.5) is 4.39 Å². The first-order chi connectivity index (χ1) is 10.0. The molecule has 1 atom stereocenters. The van der Waals surface area contributed by atoms with Gasteiger partial charge in [0.25, 0.3) is 0 Å². The van der Waals surface area contributed by atoms with E-state index in [1.165, 1.54) is 6.07 Å². The van der Waals surface area contributed by atoms with E-state index in [2.05, 4.69) is 38.8 Å². The molecule has 0 saturated heterocycles.